The number of likely N-dealkylation sites (N-methyl/N-ethyl adjacent to an activating group) is 1. The van der Waals surface area contributed by atoms with Crippen molar-refractivity contribution < 1.29 is 14.0 Å². The van der Waals surface area contributed by atoms with Crippen molar-refractivity contribution in [2.45, 2.75) is 13.1 Å². The predicted molar refractivity (Wildman–Crippen MR) is 107 cm³/mol. The third-order valence-electron chi connectivity index (χ3n) is 4.28. The molecular weight excluding hydrogens is 359 g/mol. The second-order valence-corrected chi connectivity index (χ2v) is 6.75. The highest BCUT2D eigenvalue weighted by molar-refractivity contribution is 5.94. The maximum atomic E-state index is 14.0. The Morgan fingerprint density at radius 3 is 2.46 bits per heavy atom. The van der Waals surface area contributed by atoms with E-state index in [1.807, 2.05) is 25.1 Å². The number of amides is 3. The van der Waals surface area contributed by atoms with Crippen molar-refractivity contribution in [3.05, 3.63) is 71.0 Å². The number of urea groups is 1. The van der Waals surface area contributed by atoms with Crippen LogP contribution in [0.2, 0.25) is 0 Å². The van der Waals surface area contributed by atoms with E-state index in [2.05, 4.69) is 10.6 Å². The van der Waals surface area contributed by atoms with Gasteiger partial charge in [-0.1, -0.05) is 30.3 Å². The van der Waals surface area contributed by atoms with Crippen LogP contribution in [0, 0.1) is 5.82 Å². The number of carbonyl (C=O) groups is 2. The zero-order valence-corrected chi connectivity index (χ0v) is 16.5. The molecule has 0 unspecified atom stereocenters. The fourth-order valence-corrected chi connectivity index (χ4v) is 2.66. The van der Waals surface area contributed by atoms with E-state index in [1.54, 1.807) is 48.3 Å². The lowest BCUT2D eigenvalue weighted by molar-refractivity contribution is 0.0963. The smallest absolute Gasteiger partial charge is 0.318 e. The van der Waals surface area contributed by atoms with Crippen LogP contribution in [0.1, 0.15) is 21.5 Å². The zero-order chi connectivity index (χ0) is 20.5. The predicted octanol–water partition coefficient (Wildman–Crippen LogP) is 2.46. The lowest BCUT2D eigenvalue weighted by Crippen LogP contribution is -2.42. The number of hydrogen-bond donors (Lipinski definition) is 2. The fourth-order valence-electron chi connectivity index (χ4n) is 2.66. The highest BCUT2D eigenvalue weighted by atomic mass is 19.1. The molecule has 0 fully saturated rings. The van der Waals surface area contributed by atoms with Crippen LogP contribution in [0.5, 0.6) is 0 Å². The molecule has 150 valence electrons. The van der Waals surface area contributed by atoms with Crippen LogP contribution < -0.4 is 10.6 Å². The van der Waals surface area contributed by atoms with Gasteiger partial charge in [0.2, 0.25) is 0 Å². The molecule has 0 spiro atoms. The highest BCUT2D eigenvalue weighted by Crippen LogP contribution is 2.11. The molecule has 7 heteroatoms. The van der Waals surface area contributed by atoms with E-state index in [9.17, 15) is 14.0 Å². The second-order valence-electron chi connectivity index (χ2n) is 6.75. The first-order chi connectivity index (χ1) is 13.4. The van der Waals surface area contributed by atoms with Crippen LogP contribution in [0.4, 0.5) is 9.18 Å². The summed E-state index contributed by atoms with van der Waals surface area (Å²) in [7, 11) is 5.41. The lowest BCUT2D eigenvalue weighted by Gasteiger charge is -2.25. The van der Waals surface area contributed by atoms with Crippen LogP contribution in [-0.4, -0.2) is 56.0 Å². The van der Waals surface area contributed by atoms with Gasteiger partial charge in [-0.15, -0.1) is 0 Å². The van der Waals surface area contributed by atoms with Gasteiger partial charge in [-0.2, -0.15) is 0 Å². The van der Waals surface area contributed by atoms with Crippen molar-refractivity contribution >= 4 is 11.9 Å². The number of hydrogen-bond acceptors (Lipinski definition) is 3. The molecule has 28 heavy (non-hydrogen) atoms. The topological polar surface area (TPSA) is 64.7 Å². The summed E-state index contributed by atoms with van der Waals surface area (Å²) < 4.78 is 14.0. The largest absolute Gasteiger partial charge is 0.355 e. The highest BCUT2D eigenvalue weighted by Gasteiger charge is 2.16. The monoisotopic (exact) mass is 386 g/mol. The minimum atomic E-state index is -0.330. The van der Waals surface area contributed by atoms with Crippen LogP contribution >= 0.6 is 0 Å². The van der Waals surface area contributed by atoms with Gasteiger partial charge in [0.1, 0.15) is 5.82 Å². The first-order valence-corrected chi connectivity index (χ1v) is 9.12. The fraction of sp³-hybridized carbons (Fsp3) is 0.333. The van der Waals surface area contributed by atoms with Crippen molar-refractivity contribution in [1.82, 2.24) is 20.4 Å². The molecule has 0 aromatic heterocycles. The Morgan fingerprint density at radius 1 is 1.04 bits per heavy atom. The van der Waals surface area contributed by atoms with Crippen LogP contribution in [0.3, 0.4) is 0 Å². The maximum Gasteiger partial charge on any atom is 0.318 e. The summed E-state index contributed by atoms with van der Waals surface area (Å²) >= 11 is 0. The molecule has 0 aliphatic rings. The van der Waals surface area contributed by atoms with E-state index in [0.717, 1.165) is 5.56 Å². The summed E-state index contributed by atoms with van der Waals surface area (Å²) in [6.07, 6.45) is 0. The summed E-state index contributed by atoms with van der Waals surface area (Å²) in [5, 5.41) is 5.44. The van der Waals surface area contributed by atoms with E-state index in [0.29, 0.717) is 24.2 Å². The summed E-state index contributed by atoms with van der Waals surface area (Å²) in [6, 6.07) is 13.2. The summed E-state index contributed by atoms with van der Waals surface area (Å²) in [5.41, 5.74) is 1.82. The molecule has 2 aromatic rings. The average molecular weight is 386 g/mol. The molecule has 2 N–H and O–H groups in total. The third-order valence-corrected chi connectivity index (χ3v) is 4.28. The van der Waals surface area contributed by atoms with Gasteiger partial charge >= 0.3 is 6.03 Å². The van der Waals surface area contributed by atoms with Gasteiger partial charge in [0.05, 0.1) is 6.54 Å². The van der Waals surface area contributed by atoms with Crippen molar-refractivity contribution in [3.8, 4) is 0 Å². The molecule has 0 saturated heterocycles. The third kappa shape index (κ3) is 6.35. The molecule has 2 rings (SSSR count). The van der Waals surface area contributed by atoms with Crippen LogP contribution in [0.15, 0.2) is 48.5 Å². The van der Waals surface area contributed by atoms with Gasteiger partial charge in [0.25, 0.3) is 5.91 Å². The van der Waals surface area contributed by atoms with Crippen molar-refractivity contribution in [2.24, 2.45) is 0 Å². The molecule has 2 aromatic carbocycles. The molecule has 3 amide bonds. The number of benzene rings is 2. The summed E-state index contributed by atoms with van der Waals surface area (Å²) in [5.74, 6) is -0.510. The number of rotatable bonds is 8. The van der Waals surface area contributed by atoms with E-state index in [1.165, 1.54) is 6.07 Å². The van der Waals surface area contributed by atoms with Gasteiger partial charge in [-0.25, -0.2) is 9.18 Å². The first kappa shape index (κ1) is 21.4. The first-order valence-electron chi connectivity index (χ1n) is 9.12. The number of halogens is 1. The van der Waals surface area contributed by atoms with Crippen molar-refractivity contribution in [3.63, 3.8) is 0 Å². The SMILES string of the molecule is CNC(=O)c1cccc(CNC(=O)N(CCN(C)C)Cc2ccccc2F)c1. The van der Waals surface area contributed by atoms with Crippen LogP contribution in [-0.2, 0) is 13.1 Å². The number of carbonyl (C=O) groups excluding carboxylic acids is 2. The maximum absolute atomic E-state index is 14.0. The molecule has 0 heterocycles. The van der Waals surface area contributed by atoms with E-state index >= 15 is 0 Å². The zero-order valence-electron chi connectivity index (χ0n) is 16.5. The van der Waals surface area contributed by atoms with Gasteiger partial charge in [0, 0.05) is 37.8 Å². The van der Waals surface area contributed by atoms with Gasteiger partial charge in [0.15, 0.2) is 0 Å². The van der Waals surface area contributed by atoms with E-state index in [4.69, 9.17) is 0 Å². The molecule has 0 aliphatic carbocycles. The Balaban J connectivity index is 2.05. The Labute approximate surface area is 165 Å². The van der Waals surface area contributed by atoms with E-state index < -0.39 is 0 Å². The summed E-state index contributed by atoms with van der Waals surface area (Å²) in [4.78, 5) is 28.0. The van der Waals surface area contributed by atoms with Gasteiger partial charge in [-0.3, -0.25) is 4.79 Å². The minimum absolute atomic E-state index is 0.180. The standard InChI is InChI=1S/C21H27FN4O2/c1-23-20(27)17-9-6-7-16(13-17)14-24-21(28)26(12-11-25(2)3)15-18-8-4-5-10-19(18)22/h4-10,13H,11-12,14-15H2,1-3H3,(H,23,27)(H,24,28). The summed E-state index contributed by atoms with van der Waals surface area (Å²) in [6.45, 7) is 1.59. The number of nitrogens with one attached hydrogen (secondary N) is 2. The molecular formula is C21H27FN4O2. The van der Waals surface area contributed by atoms with Crippen LogP contribution in [0.25, 0.3) is 0 Å². The second kappa shape index (κ2) is 10.4. The lowest BCUT2D eigenvalue weighted by atomic mass is 10.1. The Bertz CT molecular complexity index is 810. The van der Waals surface area contributed by atoms with Crippen molar-refractivity contribution in [1.29, 1.82) is 0 Å². The van der Waals surface area contributed by atoms with Gasteiger partial charge in [-0.05, 0) is 37.9 Å². The minimum Gasteiger partial charge on any atom is -0.355 e. The molecule has 0 radical (unpaired) electrons. The average Bonchev–Trinajstić information content (AvgIpc) is 2.70. The quantitative estimate of drug-likeness (QED) is 0.733. The van der Waals surface area contributed by atoms with Gasteiger partial charge < -0.3 is 20.4 Å². The molecule has 0 saturated carbocycles. The normalized spacial score (nSPS) is 10.6. The molecule has 0 atom stereocenters. The molecule has 0 aliphatic heterocycles. The Morgan fingerprint density at radius 2 is 1.79 bits per heavy atom. The van der Waals surface area contributed by atoms with Crippen molar-refractivity contribution in [2.75, 3.05) is 34.2 Å². The number of nitrogens with zero attached hydrogens (tertiary/aromatic N) is 2. The molecule has 6 nitrogen and oxygen atoms in total. The Hall–Kier alpha value is -2.93. The van der Waals surface area contributed by atoms with E-state index in [-0.39, 0.29) is 30.8 Å². The Kier molecular flexibility index (Phi) is 7.95. The molecule has 0 bridgehead atoms.